The fraction of sp³-hybridized carbons (Fsp3) is 0.353. The standard InChI is InChI=1S/C17H23N3O4/c1-4-6-11-24-20-13(3)14-7-9-15(10-8-14)19-17(22)18-12-16(21)23-5-2/h4,6-10H,5,11-12H2,1-3H3,(H2,18,19,22)/b6-4+,20-13+. The van der Waals surface area contributed by atoms with Gasteiger partial charge in [0.15, 0.2) is 0 Å². The van der Waals surface area contributed by atoms with E-state index in [0.29, 0.717) is 12.3 Å². The Hall–Kier alpha value is -2.83. The van der Waals surface area contributed by atoms with Crippen LogP contribution in [0.2, 0.25) is 0 Å². The van der Waals surface area contributed by atoms with Gasteiger partial charge >= 0.3 is 12.0 Å². The highest BCUT2D eigenvalue weighted by molar-refractivity contribution is 5.99. The fourth-order valence-corrected chi connectivity index (χ4v) is 1.66. The van der Waals surface area contributed by atoms with E-state index >= 15 is 0 Å². The molecule has 2 amide bonds. The molecule has 0 aromatic heterocycles. The number of carbonyl (C=O) groups is 2. The number of oxime groups is 1. The summed E-state index contributed by atoms with van der Waals surface area (Å²) in [5.74, 6) is -0.479. The first kappa shape index (κ1) is 19.2. The summed E-state index contributed by atoms with van der Waals surface area (Å²) in [5, 5.41) is 9.05. The lowest BCUT2D eigenvalue weighted by molar-refractivity contribution is -0.141. The van der Waals surface area contributed by atoms with E-state index in [9.17, 15) is 9.59 Å². The van der Waals surface area contributed by atoms with Crippen molar-refractivity contribution in [1.82, 2.24) is 5.32 Å². The van der Waals surface area contributed by atoms with E-state index in [2.05, 4.69) is 15.8 Å². The molecule has 0 aliphatic carbocycles. The third-order valence-corrected chi connectivity index (χ3v) is 2.87. The quantitative estimate of drug-likeness (QED) is 0.252. The van der Waals surface area contributed by atoms with Crippen LogP contribution >= 0.6 is 0 Å². The fourth-order valence-electron chi connectivity index (χ4n) is 1.66. The highest BCUT2D eigenvalue weighted by Crippen LogP contribution is 2.10. The number of rotatable bonds is 8. The number of benzene rings is 1. The van der Waals surface area contributed by atoms with Gasteiger partial charge in [-0.15, -0.1) is 0 Å². The van der Waals surface area contributed by atoms with Gasteiger partial charge in [-0.25, -0.2) is 4.79 Å². The van der Waals surface area contributed by atoms with E-state index in [-0.39, 0.29) is 13.2 Å². The first-order valence-electron chi connectivity index (χ1n) is 7.65. The van der Waals surface area contributed by atoms with E-state index < -0.39 is 12.0 Å². The molecule has 0 aliphatic rings. The molecule has 1 aromatic rings. The molecule has 7 nitrogen and oxygen atoms in total. The molecular formula is C17H23N3O4. The van der Waals surface area contributed by atoms with Gasteiger partial charge in [0.05, 0.1) is 12.3 Å². The highest BCUT2D eigenvalue weighted by atomic mass is 16.6. The molecule has 0 bridgehead atoms. The lowest BCUT2D eigenvalue weighted by Crippen LogP contribution is -2.34. The average Bonchev–Trinajstić information content (AvgIpc) is 2.58. The minimum Gasteiger partial charge on any atom is -0.465 e. The van der Waals surface area contributed by atoms with Gasteiger partial charge in [0.1, 0.15) is 13.2 Å². The lowest BCUT2D eigenvalue weighted by atomic mass is 10.1. The second-order valence-corrected chi connectivity index (χ2v) is 4.73. The number of esters is 1. The van der Waals surface area contributed by atoms with Crippen molar-refractivity contribution >= 4 is 23.4 Å². The number of anilines is 1. The number of carbonyl (C=O) groups excluding carboxylic acids is 2. The summed E-state index contributed by atoms with van der Waals surface area (Å²) in [6.45, 7) is 5.99. The Morgan fingerprint density at radius 1 is 1.25 bits per heavy atom. The van der Waals surface area contributed by atoms with Crippen molar-refractivity contribution in [1.29, 1.82) is 0 Å². The molecule has 0 unspecified atom stereocenters. The molecule has 0 saturated heterocycles. The molecule has 0 radical (unpaired) electrons. The average molecular weight is 333 g/mol. The van der Waals surface area contributed by atoms with Crippen LogP contribution in [-0.4, -0.2) is 37.5 Å². The second-order valence-electron chi connectivity index (χ2n) is 4.73. The maximum Gasteiger partial charge on any atom is 0.325 e. The summed E-state index contributed by atoms with van der Waals surface area (Å²) in [5.41, 5.74) is 2.22. The first-order chi connectivity index (χ1) is 11.6. The van der Waals surface area contributed by atoms with Crippen LogP contribution in [0.4, 0.5) is 10.5 Å². The summed E-state index contributed by atoms with van der Waals surface area (Å²) in [6.07, 6.45) is 3.75. The molecule has 1 rings (SSSR count). The minimum atomic E-state index is -0.479. The number of hydrogen-bond donors (Lipinski definition) is 2. The van der Waals surface area contributed by atoms with Gasteiger partial charge in [-0.1, -0.05) is 23.4 Å². The Morgan fingerprint density at radius 3 is 2.58 bits per heavy atom. The number of amides is 2. The Morgan fingerprint density at radius 2 is 1.96 bits per heavy atom. The molecule has 24 heavy (non-hydrogen) atoms. The maximum atomic E-state index is 11.7. The van der Waals surface area contributed by atoms with Gasteiger partial charge in [0.25, 0.3) is 0 Å². The molecule has 0 spiro atoms. The lowest BCUT2D eigenvalue weighted by Gasteiger charge is -2.08. The number of nitrogens with one attached hydrogen (secondary N) is 2. The maximum absolute atomic E-state index is 11.7. The molecule has 0 atom stereocenters. The second kappa shape index (κ2) is 10.8. The number of hydrogen-bond acceptors (Lipinski definition) is 5. The van der Waals surface area contributed by atoms with Gasteiger partial charge in [0.2, 0.25) is 0 Å². The molecule has 0 heterocycles. The van der Waals surface area contributed by atoms with Crippen molar-refractivity contribution in [3.63, 3.8) is 0 Å². The van der Waals surface area contributed by atoms with Crippen molar-refractivity contribution in [2.45, 2.75) is 20.8 Å². The molecule has 1 aromatic carbocycles. The summed E-state index contributed by atoms with van der Waals surface area (Å²) in [7, 11) is 0. The minimum absolute atomic E-state index is 0.174. The third-order valence-electron chi connectivity index (χ3n) is 2.87. The highest BCUT2D eigenvalue weighted by Gasteiger charge is 2.06. The predicted octanol–water partition coefficient (Wildman–Crippen LogP) is 2.69. The topological polar surface area (TPSA) is 89.0 Å². The van der Waals surface area contributed by atoms with Gasteiger partial charge in [0, 0.05) is 5.69 Å². The molecular weight excluding hydrogens is 310 g/mol. The largest absolute Gasteiger partial charge is 0.465 e. The number of nitrogens with zero attached hydrogens (tertiary/aromatic N) is 1. The molecule has 0 fully saturated rings. The summed E-state index contributed by atoms with van der Waals surface area (Å²) < 4.78 is 4.72. The Bertz CT molecular complexity index is 594. The first-order valence-corrected chi connectivity index (χ1v) is 7.65. The molecule has 0 aliphatic heterocycles. The van der Waals surface area contributed by atoms with Crippen LogP contribution in [0, 0.1) is 0 Å². The molecule has 7 heteroatoms. The zero-order chi connectivity index (χ0) is 17.8. The molecule has 0 saturated carbocycles. The smallest absolute Gasteiger partial charge is 0.325 e. The molecule has 2 N–H and O–H groups in total. The van der Waals surface area contributed by atoms with Crippen molar-refractivity contribution in [2.75, 3.05) is 25.1 Å². The van der Waals surface area contributed by atoms with Crippen LogP contribution in [0.25, 0.3) is 0 Å². The van der Waals surface area contributed by atoms with Crippen LogP contribution in [-0.2, 0) is 14.4 Å². The van der Waals surface area contributed by atoms with Gasteiger partial charge < -0.3 is 20.2 Å². The van der Waals surface area contributed by atoms with E-state index in [0.717, 1.165) is 11.3 Å². The predicted molar refractivity (Wildman–Crippen MR) is 93.1 cm³/mol. The van der Waals surface area contributed by atoms with Crippen molar-refractivity contribution < 1.29 is 19.2 Å². The normalized spacial score (nSPS) is 11.2. The van der Waals surface area contributed by atoms with E-state index in [4.69, 9.17) is 9.57 Å². The number of allylic oxidation sites excluding steroid dienone is 1. The van der Waals surface area contributed by atoms with Gasteiger partial charge in [-0.2, -0.15) is 0 Å². The summed E-state index contributed by atoms with van der Waals surface area (Å²) in [6, 6.07) is 6.64. The van der Waals surface area contributed by atoms with Crippen LogP contribution in [0.15, 0.2) is 41.6 Å². The SMILES string of the molecule is C/C=C/CO/N=C(\C)c1ccc(NC(=O)NCC(=O)OCC)cc1. The number of ether oxygens (including phenoxy) is 1. The Kier molecular flexibility index (Phi) is 8.67. The van der Waals surface area contributed by atoms with Crippen LogP contribution in [0.1, 0.15) is 26.3 Å². The number of urea groups is 1. The van der Waals surface area contributed by atoms with Crippen LogP contribution < -0.4 is 10.6 Å². The van der Waals surface area contributed by atoms with Gasteiger partial charge in [-0.05, 0) is 44.5 Å². The third kappa shape index (κ3) is 7.44. The zero-order valence-corrected chi connectivity index (χ0v) is 14.2. The van der Waals surface area contributed by atoms with Gasteiger partial charge in [-0.3, -0.25) is 4.79 Å². The monoisotopic (exact) mass is 333 g/mol. The van der Waals surface area contributed by atoms with Crippen molar-refractivity contribution in [3.8, 4) is 0 Å². The summed E-state index contributed by atoms with van der Waals surface area (Å²) in [4.78, 5) is 28.0. The zero-order valence-electron chi connectivity index (χ0n) is 14.2. The van der Waals surface area contributed by atoms with E-state index in [1.807, 2.05) is 38.1 Å². The summed E-state index contributed by atoms with van der Waals surface area (Å²) >= 11 is 0. The Labute approximate surface area is 141 Å². The van der Waals surface area contributed by atoms with Crippen molar-refractivity contribution in [3.05, 3.63) is 42.0 Å². The Balaban J connectivity index is 2.49. The van der Waals surface area contributed by atoms with Crippen LogP contribution in [0.5, 0.6) is 0 Å². The van der Waals surface area contributed by atoms with Crippen LogP contribution in [0.3, 0.4) is 0 Å². The van der Waals surface area contributed by atoms with E-state index in [1.54, 1.807) is 19.1 Å². The van der Waals surface area contributed by atoms with E-state index in [1.165, 1.54) is 0 Å². The van der Waals surface area contributed by atoms with Crippen molar-refractivity contribution in [2.24, 2.45) is 5.16 Å². The molecule has 130 valence electrons.